The Hall–Kier alpha value is -0.0400. The maximum absolute atomic E-state index is 10.3. The molecule has 2 aliphatic rings. The van der Waals surface area contributed by atoms with Gasteiger partial charge in [0, 0.05) is 0 Å². The largest absolute Gasteiger partial charge is 0.393 e. The molecule has 0 saturated heterocycles. The van der Waals surface area contributed by atoms with Gasteiger partial charge in [-0.2, -0.15) is 0 Å². The van der Waals surface area contributed by atoms with Crippen LogP contribution in [0.3, 0.4) is 0 Å². The minimum Gasteiger partial charge on any atom is -0.393 e. The molecule has 1 heteroatoms. The van der Waals surface area contributed by atoms with Gasteiger partial charge in [0.15, 0.2) is 0 Å². The number of aliphatic hydroxyl groups excluding tert-OH is 1. The maximum Gasteiger partial charge on any atom is 0.0576 e. The summed E-state index contributed by atoms with van der Waals surface area (Å²) in [7, 11) is 0. The second kappa shape index (κ2) is 4.86. The zero-order valence-corrected chi connectivity index (χ0v) is 10.3. The molecule has 3 unspecified atom stereocenters. The molecule has 2 rings (SSSR count). The molecule has 2 fully saturated rings. The quantitative estimate of drug-likeness (QED) is 0.735. The lowest BCUT2D eigenvalue weighted by Crippen LogP contribution is -2.16. The predicted octanol–water partition coefficient (Wildman–Crippen LogP) is 3.61. The standard InChI is InChI=1S/C14H26O/c1-3-10(4-2)9-13(15)14-11-7-5-6-8-12(11)14/h10-15H,3-9H2,1-2H3. The smallest absolute Gasteiger partial charge is 0.0576 e. The monoisotopic (exact) mass is 210 g/mol. The Morgan fingerprint density at radius 1 is 1.07 bits per heavy atom. The zero-order valence-electron chi connectivity index (χ0n) is 10.3. The molecule has 1 N–H and O–H groups in total. The van der Waals surface area contributed by atoms with Crippen molar-refractivity contribution in [2.24, 2.45) is 23.7 Å². The van der Waals surface area contributed by atoms with Crippen LogP contribution in [0.25, 0.3) is 0 Å². The highest BCUT2D eigenvalue weighted by molar-refractivity contribution is 5.02. The van der Waals surface area contributed by atoms with Gasteiger partial charge >= 0.3 is 0 Å². The third kappa shape index (κ3) is 2.38. The molecule has 0 heterocycles. The molecule has 0 aromatic rings. The van der Waals surface area contributed by atoms with Crippen LogP contribution in [-0.4, -0.2) is 11.2 Å². The van der Waals surface area contributed by atoms with Crippen LogP contribution in [0.1, 0.15) is 58.8 Å². The lowest BCUT2D eigenvalue weighted by atomic mass is 9.93. The average molecular weight is 210 g/mol. The van der Waals surface area contributed by atoms with Gasteiger partial charge in [0.2, 0.25) is 0 Å². The van der Waals surface area contributed by atoms with Gasteiger partial charge in [-0.25, -0.2) is 0 Å². The van der Waals surface area contributed by atoms with Crippen LogP contribution < -0.4 is 0 Å². The SMILES string of the molecule is CCC(CC)CC(O)C1C2CCCCC21. The van der Waals surface area contributed by atoms with Crippen LogP contribution in [0.5, 0.6) is 0 Å². The summed E-state index contributed by atoms with van der Waals surface area (Å²) in [5.74, 6) is 3.25. The molecule has 0 bridgehead atoms. The minimum atomic E-state index is 0.0167. The maximum atomic E-state index is 10.3. The van der Waals surface area contributed by atoms with E-state index in [9.17, 15) is 5.11 Å². The Morgan fingerprint density at radius 3 is 2.07 bits per heavy atom. The van der Waals surface area contributed by atoms with E-state index in [0.717, 1.165) is 24.2 Å². The summed E-state index contributed by atoms with van der Waals surface area (Å²) in [6, 6.07) is 0. The highest BCUT2D eigenvalue weighted by atomic mass is 16.3. The van der Waals surface area contributed by atoms with E-state index in [-0.39, 0.29) is 6.10 Å². The first kappa shape index (κ1) is 11.4. The topological polar surface area (TPSA) is 20.2 Å². The van der Waals surface area contributed by atoms with Crippen molar-refractivity contribution in [3.63, 3.8) is 0 Å². The van der Waals surface area contributed by atoms with Crippen molar-refractivity contribution in [1.29, 1.82) is 0 Å². The minimum absolute atomic E-state index is 0.0167. The van der Waals surface area contributed by atoms with Gasteiger partial charge in [0.25, 0.3) is 0 Å². The molecule has 3 atom stereocenters. The molecular formula is C14H26O. The number of aliphatic hydroxyl groups is 1. The molecule has 15 heavy (non-hydrogen) atoms. The van der Waals surface area contributed by atoms with E-state index >= 15 is 0 Å². The van der Waals surface area contributed by atoms with Gasteiger partial charge in [0.1, 0.15) is 0 Å². The fourth-order valence-electron chi connectivity index (χ4n) is 3.74. The van der Waals surface area contributed by atoms with Crippen molar-refractivity contribution in [3.05, 3.63) is 0 Å². The third-order valence-electron chi connectivity index (χ3n) is 4.90. The van der Waals surface area contributed by atoms with E-state index in [4.69, 9.17) is 0 Å². The molecule has 0 radical (unpaired) electrons. The van der Waals surface area contributed by atoms with Crippen molar-refractivity contribution in [1.82, 2.24) is 0 Å². The van der Waals surface area contributed by atoms with E-state index in [2.05, 4.69) is 13.8 Å². The highest BCUT2D eigenvalue weighted by Gasteiger charge is 2.53. The average Bonchev–Trinajstić information content (AvgIpc) is 2.99. The van der Waals surface area contributed by atoms with Crippen molar-refractivity contribution in [2.75, 3.05) is 0 Å². The predicted molar refractivity (Wildman–Crippen MR) is 63.6 cm³/mol. The number of rotatable bonds is 5. The van der Waals surface area contributed by atoms with E-state index in [0.29, 0.717) is 5.92 Å². The Bertz CT molecular complexity index is 186. The number of fused-ring (bicyclic) bond motifs is 1. The fourth-order valence-corrected chi connectivity index (χ4v) is 3.74. The molecule has 0 aromatic heterocycles. The molecule has 0 amide bonds. The molecule has 2 saturated carbocycles. The Kier molecular flexibility index (Phi) is 3.71. The van der Waals surface area contributed by atoms with Gasteiger partial charge in [-0.3, -0.25) is 0 Å². The van der Waals surface area contributed by atoms with Crippen LogP contribution in [0.4, 0.5) is 0 Å². The summed E-state index contributed by atoms with van der Waals surface area (Å²) >= 11 is 0. The highest BCUT2D eigenvalue weighted by Crippen LogP contribution is 2.57. The van der Waals surface area contributed by atoms with E-state index < -0.39 is 0 Å². The normalized spacial score (nSPS) is 36.4. The van der Waals surface area contributed by atoms with E-state index in [1.54, 1.807) is 0 Å². The second-order valence-electron chi connectivity index (χ2n) is 5.68. The van der Waals surface area contributed by atoms with E-state index in [1.165, 1.54) is 38.5 Å². The van der Waals surface area contributed by atoms with Crippen LogP contribution in [0.2, 0.25) is 0 Å². The molecule has 0 aromatic carbocycles. The van der Waals surface area contributed by atoms with Crippen molar-refractivity contribution < 1.29 is 5.11 Å². The third-order valence-corrected chi connectivity index (χ3v) is 4.90. The fraction of sp³-hybridized carbons (Fsp3) is 1.00. The van der Waals surface area contributed by atoms with Crippen LogP contribution in [0.15, 0.2) is 0 Å². The van der Waals surface area contributed by atoms with Gasteiger partial charge < -0.3 is 5.11 Å². The molecular weight excluding hydrogens is 184 g/mol. The first-order valence-corrected chi connectivity index (χ1v) is 6.96. The van der Waals surface area contributed by atoms with Crippen LogP contribution in [-0.2, 0) is 0 Å². The van der Waals surface area contributed by atoms with Crippen molar-refractivity contribution in [3.8, 4) is 0 Å². The number of hydrogen-bond acceptors (Lipinski definition) is 1. The molecule has 2 aliphatic carbocycles. The van der Waals surface area contributed by atoms with Gasteiger partial charge in [-0.05, 0) is 42.9 Å². The van der Waals surface area contributed by atoms with Crippen LogP contribution >= 0.6 is 0 Å². The first-order valence-electron chi connectivity index (χ1n) is 6.96. The van der Waals surface area contributed by atoms with Gasteiger partial charge in [-0.1, -0.05) is 39.5 Å². The first-order chi connectivity index (χ1) is 7.27. The lowest BCUT2D eigenvalue weighted by molar-refractivity contribution is 0.108. The zero-order chi connectivity index (χ0) is 10.8. The lowest BCUT2D eigenvalue weighted by Gasteiger charge is -2.17. The Balaban J connectivity index is 1.79. The van der Waals surface area contributed by atoms with Gasteiger partial charge in [0.05, 0.1) is 6.10 Å². The Morgan fingerprint density at radius 2 is 1.60 bits per heavy atom. The molecule has 88 valence electrons. The summed E-state index contributed by atoms with van der Waals surface area (Å²) < 4.78 is 0. The molecule has 1 nitrogen and oxygen atoms in total. The molecule has 0 spiro atoms. The summed E-state index contributed by atoms with van der Waals surface area (Å²) in [6.45, 7) is 4.50. The van der Waals surface area contributed by atoms with Gasteiger partial charge in [-0.15, -0.1) is 0 Å². The van der Waals surface area contributed by atoms with Crippen molar-refractivity contribution in [2.45, 2.75) is 64.9 Å². The Labute approximate surface area is 94.3 Å². The summed E-state index contributed by atoms with van der Waals surface area (Å²) in [4.78, 5) is 0. The molecule has 0 aliphatic heterocycles. The number of hydrogen-bond donors (Lipinski definition) is 1. The summed E-state index contributed by atoms with van der Waals surface area (Å²) in [5, 5.41) is 10.3. The van der Waals surface area contributed by atoms with Crippen molar-refractivity contribution >= 4 is 0 Å². The van der Waals surface area contributed by atoms with Crippen LogP contribution in [0, 0.1) is 23.7 Å². The van der Waals surface area contributed by atoms with E-state index in [1.807, 2.05) is 0 Å². The second-order valence-corrected chi connectivity index (χ2v) is 5.68. The summed E-state index contributed by atoms with van der Waals surface area (Å²) in [5.41, 5.74) is 0. The summed E-state index contributed by atoms with van der Waals surface area (Å²) in [6.07, 6.45) is 9.16.